The Hall–Kier alpha value is -2.18. The molecule has 170 valence electrons. The van der Waals surface area contributed by atoms with Gasteiger partial charge in [0.25, 0.3) is 0 Å². The second kappa shape index (κ2) is 8.99. The van der Waals surface area contributed by atoms with Gasteiger partial charge in [-0.25, -0.2) is 13.4 Å². The van der Waals surface area contributed by atoms with Crippen molar-refractivity contribution >= 4 is 26.3 Å². The summed E-state index contributed by atoms with van der Waals surface area (Å²) < 4.78 is 26.4. The first-order chi connectivity index (χ1) is 15.2. The minimum Gasteiger partial charge on any atom is -0.348 e. The lowest BCUT2D eigenvalue weighted by Gasteiger charge is -2.31. The molecular weight excluding hydrogens is 436 g/mol. The molecule has 4 rings (SSSR count). The summed E-state index contributed by atoms with van der Waals surface area (Å²) in [7, 11) is -3.32. The molecule has 6 heteroatoms. The second-order valence-corrected chi connectivity index (χ2v) is 12.6. The smallest absolute Gasteiger partial charge is 0.185 e. The molecule has 32 heavy (non-hydrogen) atoms. The monoisotopic (exact) mass is 468 g/mol. The third kappa shape index (κ3) is 4.76. The quantitative estimate of drug-likeness (QED) is 0.453. The number of aryl methyl sites for hydroxylation is 1. The van der Waals surface area contributed by atoms with E-state index in [2.05, 4.69) is 62.2 Å². The topological polar surface area (TPSA) is 50.3 Å². The zero-order valence-corrected chi connectivity index (χ0v) is 21.0. The van der Waals surface area contributed by atoms with E-state index in [1.54, 1.807) is 23.5 Å². The minimum absolute atomic E-state index is 0.0121. The number of piperidine rings is 1. The van der Waals surface area contributed by atoms with Gasteiger partial charge in [0.1, 0.15) is 0 Å². The van der Waals surface area contributed by atoms with E-state index in [0.29, 0.717) is 30.8 Å². The second-order valence-electron chi connectivity index (χ2n) is 9.57. The predicted molar refractivity (Wildman–Crippen MR) is 134 cm³/mol. The van der Waals surface area contributed by atoms with E-state index >= 15 is 0 Å². The van der Waals surface area contributed by atoms with Crippen LogP contribution in [-0.4, -0.2) is 31.7 Å². The molecule has 1 aliphatic rings. The number of anilines is 1. The van der Waals surface area contributed by atoms with Crippen LogP contribution in [0.15, 0.2) is 58.8 Å². The van der Waals surface area contributed by atoms with Crippen LogP contribution in [0.4, 0.5) is 5.13 Å². The Balaban J connectivity index is 1.42. The predicted octanol–water partition coefficient (Wildman–Crippen LogP) is 6.11. The summed E-state index contributed by atoms with van der Waals surface area (Å²) in [6, 6.07) is 16.0. The average Bonchev–Trinajstić information content (AvgIpc) is 3.29. The molecule has 0 atom stereocenters. The number of aromatic nitrogens is 1. The Bertz CT molecular complexity index is 1150. The summed E-state index contributed by atoms with van der Waals surface area (Å²) in [6.07, 6.45) is 2.29. The van der Waals surface area contributed by atoms with Gasteiger partial charge in [-0.15, -0.1) is 11.3 Å². The summed E-state index contributed by atoms with van der Waals surface area (Å²) in [6.45, 7) is 9.99. The van der Waals surface area contributed by atoms with Gasteiger partial charge in [-0.05, 0) is 47.9 Å². The van der Waals surface area contributed by atoms with Crippen LogP contribution in [0, 0.1) is 0 Å². The van der Waals surface area contributed by atoms with Crippen molar-refractivity contribution in [3.05, 3.63) is 65.0 Å². The van der Waals surface area contributed by atoms with Crippen LogP contribution in [-0.2, 0) is 21.7 Å². The first-order valence-corrected chi connectivity index (χ1v) is 13.8. The first-order valence-electron chi connectivity index (χ1n) is 11.3. The highest BCUT2D eigenvalue weighted by Crippen LogP contribution is 2.32. The van der Waals surface area contributed by atoms with Gasteiger partial charge in [0.05, 0.1) is 15.8 Å². The van der Waals surface area contributed by atoms with Crippen molar-refractivity contribution in [1.82, 2.24) is 4.98 Å². The highest BCUT2D eigenvalue weighted by Gasteiger charge is 2.32. The van der Waals surface area contributed by atoms with Gasteiger partial charge in [0.2, 0.25) is 0 Å². The third-order valence-electron chi connectivity index (χ3n) is 6.35. The Morgan fingerprint density at radius 1 is 1.00 bits per heavy atom. The summed E-state index contributed by atoms with van der Waals surface area (Å²) in [5, 5.41) is 2.74. The Kier molecular flexibility index (Phi) is 6.46. The molecule has 0 radical (unpaired) electrons. The Labute approximate surface area is 196 Å². The summed E-state index contributed by atoms with van der Waals surface area (Å²) >= 11 is 1.64. The van der Waals surface area contributed by atoms with E-state index in [1.807, 2.05) is 12.1 Å². The maximum atomic E-state index is 13.2. The van der Waals surface area contributed by atoms with Gasteiger partial charge in [0, 0.05) is 24.0 Å². The minimum atomic E-state index is -3.32. The lowest BCUT2D eigenvalue weighted by molar-refractivity contribution is 0.529. The van der Waals surface area contributed by atoms with Gasteiger partial charge in [-0.3, -0.25) is 0 Å². The number of hydrogen-bond acceptors (Lipinski definition) is 5. The molecule has 2 heterocycles. The Morgan fingerprint density at radius 2 is 1.62 bits per heavy atom. The third-order valence-corrected chi connectivity index (χ3v) is 9.53. The van der Waals surface area contributed by atoms with E-state index in [1.165, 1.54) is 5.56 Å². The highest BCUT2D eigenvalue weighted by molar-refractivity contribution is 7.92. The van der Waals surface area contributed by atoms with Gasteiger partial charge < -0.3 is 4.90 Å². The van der Waals surface area contributed by atoms with Gasteiger partial charge >= 0.3 is 0 Å². The zero-order valence-electron chi connectivity index (χ0n) is 19.3. The fraction of sp³-hybridized carbons (Fsp3) is 0.423. The molecule has 0 unspecified atom stereocenters. The van der Waals surface area contributed by atoms with Crippen molar-refractivity contribution in [2.45, 2.75) is 62.5 Å². The standard InChI is InChI=1S/C26H32N2O2S2/c1-5-19-6-8-20(9-7-19)24-18-31-25(27-24)28-16-14-23(15-17-28)32(29,30)22-12-10-21(11-13-22)26(2,3)4/h6-13,18,23H,5,14-17H2,1-4H3. The molecule has 0 N–H and O–H groups in total. The van der Waals surface area contributed by atoms with Crippen LogP contribution in [0.3, 0.4) is 0 Å². The van der Waals surface area contributed by atoms with Crippen LogP contribution in [0.1, 0.15) is 51.7 Å². The fourth-order valence-corrected chi connectivity index (χ4v) is 6.77. The maximum Gasteiger partial charge on any atom is 0.185 e. The molecule has 0 bridgehead atoms. The van der Waals surface area contributed by atoms with E-state index < -0.39 is 9.84 Å². The maximum absolute atomic E-state index is 13.2. The summed E-state index contributed by atoms with van der Waals surface area (Å²) in [4.78, 5) is 7.50. The van der Waals surface area contributed by atoms with Gasteiger partial charge in [0.15, 0.2) is 15.0 Å². The lowest BCUT2D eigenvalue weighted by atomic mass is 9.87. The van der Waals surface area contributed by atoms with Crippen molar-refractivity contribution < 1.29 is 8.42 Å². The van der Waals surface area contributed by atoms with Crippen LogP contribution >= 0.6 is 11.3 Å². The number of nitrogens with zero attached hydrogens (tertiary/aromatic N) is 2. The van der Waals surface area contributed by atoms with Crippen LogP contribution in [0.5, 0.6) is 0 Å². The van der Waals surface area contributed by atoms with E-state index in [0.717, 1.165) is 28.4 Å². The SMILES string of the molecule is CCc1ccc(-c2csc(N3CCC(S(=O)(=O)c4ccc(C(C)(C)C)cc4)CC3)n2)cc1. The summed E-state index contributed by atoms with van der Waals surface area (Å²) in [5.41, 5.74) is 4.59. The molecule has 1 aromatic heterocycles. The molecule has 1 fully saturated rings. The number of thiazole rings is 1. The molecule has 0 amide bonds. The molecule has 1 aliphatic heterocycles. The van der Waals surface area contributed by atoms with E-state index in [-0.39, 0.29) is 10.7 Å². The van der Waals surface area contributed by atoms with Crippen LogP contribution in [0.25, 0.3) is 11.3 Å². The first kappa shape index (κ1) is 23.0. The van der Waals surface area contributed by atoms with Crippen LogP contribution < -0.4 is 4.90 Å². The number of benzene rings is 2. The van der Waals surface area contributed by atoms with Crippen LogP contribution in [0.2, 0.25) is 0 Å². The zero-order chi connectivity index (χ0) is 22.9. The van der Waals surface area contributed by atoms with Crippen molar-refractivity contribution in [2.75, 3.05) is 18.0 Å². The largest absolute Gasteiger partial charge is 0.348 e. The van der Waals surface area contributed by atoms with Crippen molar-refractivity contribution in [3.8, 4) is 11.3 Å². The lowest BCUT2D eigenvalue weighted by Crippen LogP contribution is -2.39. The average molecular weight is 469 g/mol. The fourth-order valence-electron chi connectivity index (χ4n) is 4.15. The number of sulfone groups is 1. The van der Waals surface area contributed by atoms with Crippen molar-refractivity contribution in [1.29, 1.82) is 0 Å². The molecule has 1 saturated heterocycles. The van der Waals surface area contributed by atoms with Gasteiger partial charge in [-0.2, -0.15) is 0 Å². The molecule has 0 saturated carbocycles. The van der Waals surface area contributed by atoms with E-state index in [4.69, 9.17) is 4.98 Å². The number of rotatable bonds is 5. The van der Waals surface area contributed by atoms with Gasteiger partial charge in [-0.1, -0.05) is 64.1 Å². The molecule has 3 aromatic rings. The van der Waals surface area contributed by atoms with Crippen molar-refractivity contribution in [3.63, 3.8) is 0 Å². The Morgan fingerprint density at radius 3 is 2.19 bits per heavy atom. The molecular formula is C26H32N2O2S2. The molecule has 2 aromatic carbocycles. The highest BCUT2D eigenvalue weighted by atomic mass is 32.2. The molecule has 0 aliphatic carbocycles. The summed E-state index contributed by atoms with van der Waals surface area (Å²) in [5.74, 6) is 0. The van der Waals surface area contributed by atoms with E-state index in [9.17, 15) is 8.42 Å². The molecule has 0 spiro atoms. The number of hydrogen-bond donors (Lipinski definition) is 0. The molecule has 4 nitrogen and oxygen atoms in total. The normalized spacial score (nSPS) is 15.8. The van der Waals surface area contributed by atoms with Crippen molar-refractivity contribution in [2.24, 2.45) is 0 Å².